The van der Waals surface area contributed by atoms with Crippen molar-refractivity contribution >= 4 is 17.5 Å². The van der Waals surface area contributed by atoms with Crippen molar-refractivity contribution in [2.45, 2.75) is 13.0 Å². The fourth-order valence-electron chi connectivity index (χ4n) is 1.99. The quantitative estimate of drug-likeness (QED) is 0.816. The minimum atomic E-state index is -0.937. The molecule has 0 saturated carbocycles. The standard InChI is InChI=1S/C17H16ClF2NO2/c1-11(12-3-8-15(19)16(20)9-12)21(2)17(22)10-23-14-6-4-13(18)5-7-14/h3-9,11H,10H2,1-2H3. The van der Waals surface area contributed by atoms with Gasteiger partial charge >= 0.3 is 0 Å². The molecule has 2 rings (SSSR count). The molecule has 0 aliphatic carbocycles. The van der Waals surface area contributed by atoms with E-state index in [1.54, 1.807) is 38.2 Å². The average Bonchev–Trinajstić information content (AvgIpc) is 2.55. The van der Waals surface area contributed by atoms with Gasteiger partial charge in [0.2, 0.25) is 0 Å². The Morgan fingerprint density at radius 1 is 1.17 bits per heavy atom. The first-order valence-corrected chi connectivity index (χ1v) is 7.35. The van der Waals surface area contributed by atoms with Crippen molar-refractivity contribution in [2.75, 3.05) is 13.7 Å². The van der Waals surface area contributed by atoms with Gasteiger partial charge < -0.3 is 9.64 Å². The zero-order valence-electron chi connectivity index (χ0n) is 12.7. The van der Waals surface area contributed by atoms with Crippen LogP contribution in [-0.2, 0) is 4.79 Å². The maximum Gasteiger partial charge on any atom is 0.260 e. The van der Waals surface area contributed by atoms with E-state index in [1.807, 2.05) is 0 Å². The molecule has 6 heteroatoms. The van der Waals surface area contributed by atoms with Gasteiger partial charge in [-0.05, 0) is 48.9 Å². The Morgan fingerprint density at radius 2 is 1.83 bits per heavy atom. The second-order valence-electron chi connectivity index (χ2n) is 5.10. The zero-order valence-corrected chi connectivity index (χ0v) is 13.5. The van der Waals surface area contributed by atoms with Crippen LogP contribution in [-0.4, -0.2) is 24.5 Å². The van der Waals surface area contributed by atoms with Crippen LogP contribution in [0.4, 0.5) is 8.78 Å². The molecule has 0 spiro atoms. The highest BCUT2D eigenvalue weighted by atomic mass is 35.5. The van der Waals surface area contributed by atoms with Crippen molar-refractivity contribution in [3.05, 3.63) is 64.7 Å². The molecule has 0 radical (unpaired) electrons. The van der Waals surface area contributed by atoms with Crippen molar-refractivity contribution in [1.29, 1.82) is 0 Å². The van der Waals surface area contributed by atoms with Crippen LogP contribution in [0.3, 0.4) is 0 Å². The lowest BCUT2D eigenvalue weighted by molar-refractivity contribution is -0.134. The van der Waals surface area contributed by atoms with E-state index in [9.17, 15) is 13.6 Å². The lowest BCUT2D eigenvalue weighted by Gasteiger charge is -2.25. The summed E-state index contributed by atoms with van der Waals surface area (Å²) in [7, 11) is 1.58. The van der Waals surface area contributed by atoms with Gasteiger partial charge in [-0.3, -0.25) is 4.79 Å². The van der Waals surface area contributed by atoms with Crippen molar-refractivity contribution < 1.29 is 18.3 Å². The minimum Gasteiger partial charge on any atom is -0.484 e. The topological polar surface area (TPSA) is 29.5 Å². The maximum atomic E-state index is 13.3. The van der Waals surface area contributed by atoms with Crippen LogP contribution in [0.5, 0.6) is 5.75 Å². The Morgan fingerprint density at radius 3 is 2.43 bits per heavy atom. The smallest absolute Gasteiger partial charge is 0.260 e. The molecule has 23 heavy (non-hydrogen) atoms. The number of rotatable bonds is 5. The van der Waals surface area contributed by atoms with E-state index >= 15 is 0 Å². The lowest BCUT2D eigenvalue weighted by atomic mass is 10.1. The third-order valence-corrected chi connectivity index (χ3v) is 3.83. The van der Waals surface area contributed by atoms with Crippen molar-refractivity contribution in [1.82, 2.24) is 4.90 Å². The second kappa shape index (κ2) is 7.42. The van der Waals surface area contributed by atoms with Gasteiger partial charge in [-0.15, -0.1) is 0 Å². The van der Waals surface area contributed by atoms with E-state index in [-0.39, 0.29) is 12.5 Å². The van der Waals surface area contributed by atoms with Crippen molar-refractivity contribution in [3.63, 3.8) is 0 Å². The van der Waals surface area contributed by atoms with Gasteiger partial charge in [-0.1, -0.05) is 17.7 Å². The summed E-state index contributed by atoms with van der Waals surface area (Å²) in [5.74, 6) is -1.61. The number of nitrogens with zero attached hydrogens (tertiary/aromatic N) is 1. The Bertz CT molecular complexity index is 691. The third kappa shape index (κ3) is 4.42. The molecule has 2 aromatic carbocycles. The number of carbonyl (C=O) groups is 1. The van der Waals surface area contributed by atoms with Gasteiger partial charge in [0, 0.05) is 12.1 Å². The van der Waals surface area contributed by atoms with Gasteiger partial charge in [0.1, 0.15) is 5.75 Å². The van der Waals surface area contributed by atoms with Crippen LogP contribution in [0.2, 0.25) is 5.02 Å². The lowest BCUT2D eigenvalue weighted by Crippen LogP contribution is -2.33. The van der Waals surface area contributed by atoms with E-state index in [0.29, 0.717) is 16.3 Å². The predicted molar refractivity (Wildman–Crippen MR) is 84.5 cm³/mol. The molecule has 0 bridgehead atoms. The first kappa shape index (κ1) is 17.2. The number of hydrogen-bond acceptors (Lipinski definition) is 2. The molecule has 0 heterocycles. The normalized spacial score (nSPS) is 11.9. The molecule has 1 unspecified atom stereocenters. The number of carbonyl (C=O) groups excluding carboxylic acids is 1. The average molecular weight is 340 g/mol. The summed E-state index contributed by atoms with van der Waals surface area (Å²) in [5.41, 5.74) is 0.506. The molecule has 0 fully saturated rings. The van der Waals surface area contributed by atoms with Crippen LogP contribution < -0.4 is 4.74 Å². The first-order chi connectivity index (χ1) is 10.9. The molecule has 0 aliphatic rings. The summed E-state index contributed by atoms with van der Waals surface area (Å²) in [6.45, 7) is 1.57. The molecule has 2 aromatic rings. The molecular formula is C17H16ClF2NO2. The summed E-state index contributed by atoms with van der Waals surface area (Å²) >= 11 is 5.77. The highest BCUT2D eigenvalue weighted by molar-refractivity contribution is 6.30. The van der Waals surface area contributed by atoms with Crippen LogP contribution in [0.15, 0.2) is 42.5 Å². The van der Waals surface area contributed by atoms with Gasteiger partial charge in [0.25, 0.3) is 5.91 Å². The summed E-state index contributed by atoms with van der Waals surface area (Å²) < 4.78 is 31.7. The molecule has 0 N–H and O–H groups in total. The van der Waals surface area contributed by atoms with Gasteiger partial charge in [0.15, 0.2) is 18.2 Å². The fraction of sp³-hybridized carbons (Fsp3) is 0.235. The second-order valence-corrected chi connectivity index (χ2v) is 5.53. The number of hydrogen-bond donors (Lipinski definition) is 0. The summed E-state index contributed by atoms with van der Waals surface area (Å²) in [6, 6.07) is 9.82. The first-order valence-electron chi connectivity index (χ1n) is 6.97. The summed E-state index contributed by atoms with van der Waals surface area (Å²) in [6.07, 6.45) is 0. The monoisotopic (exact) mass is 339 g/mol. The van der Waals surface area contributed by atoms with E-state index in [1.165, 1.54) is 11.0 Å². The highest BCUT2D eigenvalue weighted by Crippen LogP contribution is 2.21. The Kier molecular flexibility index (Phi) is 5.55. The van der Waals surface area contributed by atoms with Crippen LogP contribution >= 0.6 is 11.6 Å². The van der Waals surface area contributed by atoms with Gasteiger partial charge in [-0.2, -0.15) is 0 Å². The fourth-order valence-corrected chi connectivity index (χ4v) is 2.12. The number of halogens is 3. The van der Waals surface area contributed by atoms with E-state index < -0.39 is 17.7 Å². The largest absolute Gasteiger partial charge is 0.484 e. The molecule has 3 nitrogen and oxygen atoms in total. The molecule has 122 valence electrons. The summed E-state index contributed by atoms with van der Waals surface area (Å²) in [4.78, 5) is 13.6. The minimum absolute atomic E-state index is 0.161. The number of benzene rings is 2. The van der Waals surface area contributed by atoms with Crippen LogP contribution in [0.25, 0.3) is 0 Å². The van der Waals surface area contributed by atoms with Crippen molar-refractivity contribution in [2.24, 2.45) is 0 Å². The molecule has 0 saturated heterocycles. The number of amides is 1. The molecule has 1 amide bonds. The summed E-state index contributed by atoms with van der Waals surface area (Å²) in [5, 5.41) is 0.577. The molecule has 0 aromatic heterocycles. The van der Waals surface area contributed by atoms with Crippen molar-refractivity contribution in [3.8, 4) is 5.75 Å². The van der Waals surface area contributed by atoms with Gasteiger partial charge in [0.05, 0.1) is 6.04 Å². The van der Waals surface area contributed by atoms with E-state index in [0.717, 1.165) is 12.1 Å². The maximum absolute atomic E-state index is 13.3. The van der Waals surface area contributed by atoms with Crippen LogP contribution in [0, 0.1) is 11.6 Å². The van der Waals surface area contributed by atoms with Gasteiger partial charge in [-0.25, -0.2) is 8.78 Å². The highest BCUT2D eigenvalue weighted by Gasteiger charge is 2.19. The van der Waals surface area contributed by atoms with Crippen LogP contribution in [0.1, 0.15) is 18.5 Å². The molecular weight excluding hydrogens is 324 g/mol. The van der Waals surface area contributed by atoms with E-state index in [2.05, 4.69) is 0 Å². The Hall–Kier alpha value is -2.14. The third-order valence-electron chi connectivity index (χ3n) is 3.58. The SMILES string of the molecule is CC(c1ccc(F)c(F)c1)N(C)C(=O)COc1ccc(Cl)cc1. The zero-order chi connectivity index (χ0) is 17.0. The predicted octanol–water partition coefficient (Wildman–Crippen LogP) is 4.22. The number of ether oxygens (including phenoxy) is 1. The number of likely N-dealkylation sites (N-methyl/N-ethyl adjacent to an activating group) is 1. The molecule has 1 atom stereocenters. The molecule has 0 aliphatic heterocycles. The Balaban J connectivity index is 1.97. The Labute approximate surface area is 138 Å². The van der Waals surface area contributed by atoms with E-state index in [4.69, 9.17) is 16.3 Å².